The first-order valence-electron chi connectivity index (χ1n) is 5.54. The first kappa shape index (κ1) is 12.1. The number of rotatable bonds is 3. The predicted octanol–water partition coefficient (Wildman–Crippen LogP) is 2.77. The Morgan fingerprint density at radius 3 is 2.76 bits per heavy atom. The van der Waals surface area contributed by atoms with Crippen LogP contribution in [0, 0.1) is 5.82 Å². The Balaban J connectivity index is 2.47. The fraction of sp³-hybridized carbons (Fsp3) is 0.385. The van der Waals surface area contributed by atoms with Crippen molar-refractivity contribution in [2.75, 3.05) is 0 Å². The molecule has 4 heteroatoms. The highest BCUT2D eigenvalue weighted by molar-refractivity contribution is 5.78. The third-order valence-corrected chi connectivity index (χ3v) is 3.09. The summed E-state index contributed by atoms with van der Waals surface area (Å²) < 4.78 is 18.7. The number of benzene rings is 1. The lowest BCUT2D eigenvalue weighted by Gasteiger charge is -2.25. The quantitative estimate of drug-likeness (QED) is 0.864. The molecule has 0 radical (unpaired) electrons. The molecule has 1 aromatic heterocycles. The molecule has 2 atom stereocenters. The Morgan fingerprint density at radius 2 is 2.18 bits per heavy atom. The Hall–Kier alpha value is -1.39. The zero-order chi connectivity index (χ0) is 12.6. The van der Waals surface area contributed by atoms with E-state index in [4.69, 9.17) is 4.42 Å². The number of hydrogen-bond donors (Lipinski definition) is 2. The average molecular weight is 238 g/mol. The van der Waals surface area contributed by atoms with Crippen LogP contribution >= 0.6 is 0 Å². The van der Waals surface area contributed by atoms with E-state index in [2.05, 4.69) is 0 Å². The van der Waals surface area contributed by atoms with Gasteiger partial charge >= 0.3 is 0 Å². The molecule has 1 heterocycles. The van der Waals surface area contributed by atoms with Gasteiger partial charge < -0.3 is 14.6 Å². The molecule has 0 aliphatic carbocycles. The summed E-state index contributed by atoms with van der Waals surface area (Å²) in [5, 5.41) is 20.5. The van der Waals surface area contributed by atoms with E-state index in [0.717, 1.165) is 0 Å². The van der Waals surface area contributed by atoms with Gasteiger partial charge in [0.1, 0.15) is 11.9 Å². The lowest BCUT2D eigenvalue weighted by Crippen LogP contribution is -2.31. The molecule has 0 aliphatic rings. The van der Waals surface area contributed by atoms with Crippen molar-refractivity contribution in [3.8, 4) is 0 Å². The molecule has 1 aromatic carbocycles. The smallest absolute Gasteiger partial charge is 0.170 e. The lowest BCUT2D eigenvalue weighted by molar-refractivity contribution is -0.0743. The van der Waals surface area contributed by atoms with Crippen LogP contribution in [-0.4, -0.2) is 15.8 Å². The molecule has 2 unspecified atom stereocenters. The molecular formula is C13H15FO3. The molecular weight excluding hydrogens is 223 g/mol. The van der Waals surface area contributed by atoms with E-state index in [0.29, 0.717) is 11.8 Å². The molecule has 3 nitrogen and oxygen atoms in total. The second-order valence-electron chi connectivity index (χ2n) is 4.42. The van der Waals surface area contributed by atoms with Gasteiger partial charge in [-0.15, -0.1) is 0 Å². The van der Waals surface area contributed by atoms with E-state index in [1.807, 2.05) is 0 Å². The summed E-state index contributed by atoms with van der Waals surface area (Å²) >= 11 is 0. The van der Waals surface area contributed by atoms with Gasteiger partial charge in [-0.1, -0.05) is 19.1 Å². The van der Waals surface area contributed by atoms with Gasteiger partial charge in [0.25, 0.3) is 0 Å². The molecule has 2 rings (SSSR count). The molecule has 92 valence electrons. The summed E-state index contributed by atoms with van der Waals surface area (Å²) in [4.78, 5) is 0. The Labute approximate surface area is 98.5 Å². The topological polar surface area (TPSA) is 53.6 Å². The summed E-state index contributed by atoms with van der Waals surface area (Å²) in [6.07, 6.45) is -0.799. The van der Waals surface area contributed by atoms with Crippen LogP contribution in [0.3, 0.4) is 0 Å². The lowest BCUT2D eigenvalue weighted by atomic mass is 9.94. The maximum absolute atomic E-state index is 13.4. The van der Waals surface area contributed by atoms with Gasteiger partial charge in [0.05, 0.1) is 5.60 Å². The van der Waals surface area contributed by atoms with Gasteiger partial charge in [-0.05, 0) is 25.5 Å². The number of halogens is 1. The van der Waals surface area contributed by atoms with Crippen molar-refractivity contribution in [2.45, 2.75) is 32.0 Å². The van der Waals surface area contributed by atoms with E-state index in [1.165, 1.54) is 13.0 Å². The minimum Gasteiger partial charge on any atom is -0.455 e. The number of fused-ring (bicyclic) bond motifs is 1. The molecule has 0 aliphatic heterocycles. The Bertz CT molecular complexity index is 530. The zero-order valence-corrected chi connectivity index (χ0v) is 9.77. The first-order valence-corrected chi connectivity index (χ1v) is 5.54. The van der Waals surface area contributed by atoms with Crippen molar-refractivity contribution >= 4 is 11.0 Å². The summed E-state index contributed by atoms with van der Waals surface area (Å²) in [7, 11) is 0. The SMILES string of the molecule is CCC(C)(O)C(O)c1cc2cccc(F)c2o1. The van der Waals surface area contributed by atoms with Crippen LogP contribution < -0.4 is 0 Å². The summed E-state index contributed by atoms with van der Waals surface area (Å²) in [5.41, 5.74) is -1.18. The van der Waals surface area contributed by atoms with E-state index in [-0.39, 0.29) is 11.3 Å². The van der Waals surface area contributed by atoms with Crippen molar-refractivity contribution < 1.29 is 19.0 Å². The molecule has 0 fully saturated rings. The maximum atomic E-state index is 13.4. The van der Waals surface area contributed by atoms with E-state index < -0.39 is 17.5 Å². The van der Waals surface area contributed by atoms with Gasteiger partial charge in [-0.2, -0.15) is 0 Å². The highest BCUT2D eigenvalue weighted by Crippen LogP contribution is 2.32. The van der Waals surface area contributed by atoms with Gasteiger partial charge in [-0.25, -0.2) is 4.39 Å². The molecule has 0 amide bonds. The van der Waals surface area contributed by atoms with E-state index in [1.54, 1.807) is 25.1 Å². The number of furan rings is 1. The number of aliphatic hydroxyl groups excluding tert-OH is 1. The van der Waals surface area contributed by atoms with Crippen LogP contribution in [0.4, 0.5) is 4.39 Å². The van der Waals surface area contributed by atoms with Crippen molar-refractivity contribution in [2.24, 2.45) is 0 Å². The molecule has 0 spiro atoms. The fourth-order valence-corrected chi connectivity index (χ4v) is 1.68. The van der Waals surface area contributed by atoms with Crippen molar-refractivity contribution in [3.63, 3.8) is 0 Å². The minimum absolute atomic E-state index is 0.105. The first-order chi connectivity index (χ1) is 7.95. The molecule has 2 N–H and O–H groups in total. The number of para-hydroxylation sites is 1. The van der Waals surface area contributed by atoms with Gasteiger partial charge in [0.15, 0.2) is 11.4 Å². The van der Waals surface area contributed by atoms with Crippen LogP contribution in [0.1, 0.15) is 32.1 Å². The number of hydrogen-bond acceptors (Lipinski definition) is 3. The van der Waals surface area contributed by atoms with Crippen LogP contribution in [0.25, 0.3) is 11.0 Å². The average Bonchev–Trinajstić information content (AvgIpc) is 2.73. The normalized spacial score (nSPS) is 17.0. The van der Waals surface area contributed by atoms with E-state index >= 15 is 0 Å². The highest BCUT2D eigenvalue weighted by atomic mass is 19.1. The van der Waals surface area contributed by atoms with E-state index in [9.17, 15) is 14.6 Å². The molecule has 0 saturated heterocycles. The predicted molar refractivity (Wildman–Crippen MR) is 62.0 cm³/mol. The summed E-state index contributed by atoms with van der Waals surface area (Å²) in [6.45, 7) is 3.27. The second kappa shape index (κ2) is 4.13. The Kier molecular flexibility index (Phi) is 2.93. The van der Waals surface area contributed by atoms with Crippen molar-refractivity contribution in [1.82, 2.24) is 0 Å². The third kappa shape index (κ3) is 2.06. The standard InChI is InChI=1S/C13H15FO3/c1-3-13(2,16)12(15)10-7-8-5-4-6-9(14)11(8)17-10/h4-7,12,15-16H,3H2,1-2H3. The van der Waals surface area contributed by atoms with Crippen LogP contribution in [0.5, 0.6) is 0 Å². The monoisotopic (exact) mass is 238 g/mol. The van der Waals surface area contributed by atoms with Crippen molar-refractivity contribution in [1.29, 1.82) is 0 Å². The molecule has 0 saturated carbocycles. The van der Waals surface area contributed by atoms with Gasteiger partial charge in [0.2, 0.25) is 0 Å². The van der Waals surface area contributed by atoms with Gasteiger partial charge in [-0.3, -0.25) is 0 Å². The fourth-order valence-electron chi connectivity index (χ4n) is 1.68. The zero-order valence-electron chi connectivity index (χ0n) is 9.77. The Morgan fingerprint density at radius 1 is 1.47 bits per heavy atom. The van der Waals surface area contributed by atoms with Crippen molar-refractivity contribution in [3.05, 3.63) is 35.8 Å². The molecule has 0 bridgehead atoms. The maximum Gasteiger partial charge on any atom is 0.170 e. The highest BCUT2D eigenvalue weighted by Gasteiger charge is 2.32. The van der Waals surface area contributed by atoms with Crippen LogP contribution in [0.2, 0.25) is 0 Å². The summed E-state index contributed by atoms with van der Waals surface area (Å²) in [6, 6.07) is 6.10. The summed E-state index contributed by atoms with van der Waals surface area (Å²) in [5.74, 6) is -0.297. The second-order valence-corrected chi connectivity index (χ2v) is 4.42. The molecule has 2 aromatic rings. The van der Waals surface area contributed by atoms with Crippen LogP contribution in [0.15, 0.2) is 28.7 Å². The molecule has 17 heavy (non-hydrogen) atoms. The van der Waals surface area contributed by atoms with Gasteiger partial charge in [0, 0.05) is 5.39 Å². The largest absolute Gasteiger partial charge is 0.455 e. The minimum atomic E-state index is -1.29. The van der Waals surface area contributed by atoms with Crippen LogP contribution in [-0.2, 0) is 0 Å². The number of aliphatic hydroxyl groups is 2. The third-order valence-electron chi connectivity index (χ3n) is 3.09.